The minimum Gasteiger partial charge on any atom is -0.506 e. The summed E-state index contributed by atoms with van der Waals surface area (Å²) in [5.41, 5.74) is 0.440. The standard InChI is InChI=1S/C17H18FN5O2/c1-10-9-25-4-3-23(10)16-7-14(21-17(20-2)22-16)11-5-13(18)12(8-19)15(24)6-11/h5-7,10,24H,3-4,9H2,1-2H3,(H,20,21,22). The third-order valence-corrected chi connectivity index (χ3v) is 4.08. The summed E-state index contributed by atoms with van der Waals surface area (Å²) < 4.78 is 19.5. The molecule has 1 aromatic heterocycles. The highest BCUT2D eigenvalue weighted by Gasteiger charge is 2.22. The van der Waals surface area contributed by atoms with E-state index in [0.717, 1.165) is 0 Å². The second-order valence-electron chi connectivity index (χ2n) is 5.77. The van der Waals surface area contributed by atoms with Gasteiger partial charge in [0.05, 0.1) is 24.9 Å². The SMILES string of the molecule is CNc1nc(-c2cc(O)c(C#N)c(F)c2)cc(N2CCOCC2C)n1. The molecule has 130 valence electrons. The van der Waals surface area contributed by atoms with Gasteiger partial charge in [0.2, 0.25) is 5.95 Å². The number of aromatic nitrogens is 2. The number of hydrogen-bond donors (Lipinski definition) is 2. The summed E-state index contributed by atoms with van der Waals surface area (Å²) in [5, 5.41) is 21.6. The fourth-order valence-corrected chi connectivity index (χ4v) is 2.76. The number of aromatic hydroxyl groups is 1. The monoisotopic (exact) mass is 343 g/mol. The molecular formula is C17H18FN5O2. The highest BCUT2D eigenvalue weighted by atomic mass is 19.1. The molecule has 1 fully saturated rings. The number of rotatable bonds is 3. The molecule has 0 aliphatic carbocycles. The molecule has 1 aromatic carbocycles. The van der Waals surface area contributed by atoms with Gasteiger partial charge < -0.3 is 20.1 Å². The largest absolute Gasteiger partial charge is 0.506 e. The molecule has 0 saturated carbocycles. The molecule has 2 N–H and O–H groups in total. The molecule has 0 radical (unpaired) electrons. The Morgan fingerprint density at radius 2 is 2.20 bits per heavy atom. The van der Waals surface area contributed by atoms with Crippen LogP contribution in [0.2, 0.25) is 0 Å². The average Bonchev–Trinajstić information content (AvgIpc) is 2.61. The molecule has 1 unspecified atom stereocenters. The predicted octanol–water partition coefficient (Wildman–Crippen LogP) is 2.13. The highest BCUT2D eigenvalue weighted by molar-refractivity contribution is 5.68. The van der Waals surface area contributed by atoms with Gasteiger partial charge in [-0.05, 0) is 19.1 Å². The Bertz CT molecular complexity index is 813. The highest BCUT2D eigenvalue weighted by Crippen LogP contribution is 2.30. The first kappa shape index (κ1) is 16.9. The summed E-state index contributed by atoms with van der Waals surface area (Å²) >= 11 is 0. The van der Waals surface area contributed by atoms with Crippen LogP contribution in [0.5, 0.6) is 5.75 Å². The number of nitrogens with one attached hydrogen (secondary N) is 1. The van der Waals surface area contributed by atoms with Crippen LogP contribution in [0, 0.1) is 17.1 Å². The number of nitrogens with zero attached hydrogens (tertiary/aromatic N) is 4. The van der Waals surface area contributed by atoms with Gasteiger partial charge in [-0.1, -0.05) is 0 Å². The Hall–Kier alpha value is -2.92. The Morgan fingerprint density at radius 1 is 1.40 bits per heavy atom. The molecule has 7 nitrogen and oxygen atoms in total. The van der Waals surface area contributed by atoms with Crippen LogP contribution >= 0.6 is 0 Å². The van der Waals surface area contributed by atoms with E-state index in [9.17, 15) is 9.50 Å². The Balaban J connectivity index is 2.08. The van der Waals surface area contributed by atoms with E-state index < -0.39 is 11.6 Å². The first-order valence-electron chi connectivity index (χ1n) is 7.87. The van der Waals surface area contributed by atoms with Crippen LogP contribution in [0.1, 0.15) is 12.5 Å². The van der Waals surface area contributed by atoms with Crippen molar-refractivity contribution in [2.45, 2.75) is 13.0 Å². The summed E-state index contributed by atoms with van der Waals surface area (Å²) in [6.45, 7) is 3.92. The van der Waals surface area contributed by atoms with Crippen molar-refractivity contribution >= 4 is 11.8 Å². The molecule has 1 aliphatic heterocycles. The third-order valence-electron chi connectivity index (χ3n) is 4.08. The summed E-state index contributed by atoms with van der Waals surface area (Å²) in [4.78, 5) is 10.9. The quantitative estimate of drug-likeness (QED) is 0.881. The summed E-state index contributed by atoms with van der Waals surface area (Å²) in [6, 6.07) is 6.04. The van der Waals surface area contributed by atoms with Gasteiger partial charge in [0.15, 0.2) is 0 Å². The molecule has 25 heavy (non-hydrogen) atoms. The zero-order chi connectivity index (χ0) is 18.0. The van der Waals surface area contributed by atoms with Gasteiger partial charge in [0, 0.05) is 25.2 Å². The first-order valence-corrected chi connectivity index (χ1v) is 7.87. The van der Waals surface area contributed by atoms with Crippen molar-refractivity contribution in [3.05, 3.63) is 29.6 Å². The lowest BCUT2D eigenvalue weighted by atomic mass is 10.1. The maximum atomic E-state index is 14.0. The zero-order valence-corrected chi connectivity index (χ0v) is 14.0. The fourth-order valence-electron chi connectivity index (χ4n) is 2.76. The number of morpholine rings is 1. The van der Waals surface area contributed by atoms with Gasteiger partial charge in [-0.2, -0.15) is 10.2 Å². The van der Waals surface area contributed by atoms with Crippen LogP contribution in [0.4, 0.5) is 16.2 Å². The van der Waals surface area contributed by atoms with Gasteiger partial charge >= 0.3 is 0 Å². The number of halogens is 1. The Kier molecular flexibility index (Phi) is 4.67. The molecule has 2 aromatic rings. The molecular weight excluding hydrogens is 325 g/mol. The van der Waals surface area contributed by atoms with Crippen LogP contribution in [-0.4, -0.2) is 47.9 Å². The third kappa shape index (κ3) is 3.32. The van der Waals surface area contributed by atoms with Crippen LogP contribution in [0.3, 0.4) is 0 Å². The second kappa shape index (κ2) is 6.91. The van der Waals surface area contributed by atoms with Crippen molar-refractivity contribution in [3.63, 3.8) is 0 Å². The van der Waals surface area contributed by atoms with E-state index in [0.29, 0.717) is 42.8 Å². The summed E-state index contributed by atoms with van der Waals surface area (Å²) in [7, 11) is 1.70. The van der Waals surface area contributed by atoms with Gasteiger partial charge in [0.25, 0.3) is 0 Å². The molecule has 1 aliphatic rings. The zero-order valence-electron chi connectivity index (χ0n) is 14.0. The Morgan fingerprint density at radius 3 is 2.84 bits per heavy atom. The smallest absolute Gasteiger partial charge is 0.224 e. The van der Waals surface area contributed by atoms with Crippen molar-refractivity contribution in [2.24, 2.45) is 0 Å². The van der Waals surface area contributed by atoms with Crippen molar-refractivity contribution in [1.82, 2.24) is 9.97 Å². The fraction of sp³-hybridized carbons (Fsp3) is 0.353. The van der Waals surface area contributed by atoms with E-state index in [1.54, 1.807) is 19.2 Å². The lowest BCUT2D eigenvalue weighted by Crippen LogP contribution is -2.44. The maximum absolute atomic E-state index is 14.0. The lowest BCUT2D eigenvalue weighted by Gasteiger charge is -2.34. The Labute approximate surface area is 144 Å². The number of phenols is 1. The number of benzene rings is 1. The maximum Gasteiger partial charge on any atom is 0.224 e. The van der Waals surface area contributed by atoms with E-state index in [4.69, 9.17) is 10.00 Å². The molecule has 8 heteroatoms. The normalized spacial score (nSPS) is 17.2. The number of anilines is 2. The van der Waals surface area contributed by atoms with Crippen LogP contribution < -0.4 is 10.2 Å². The molecule has 1 saturated heterocycles. The van der Waals surface area contributed by atoms with Gasteiger partial charge in [-0.15, -0.1) is 0 Å². The molecule has 0 amide bonds. The predicted molar refractivity (Wildman–Crippen MR) is 91.0 cm³/mol. The molecule has 2 heterocycles. The lowest BCUT2D eigenvalue weighted by molar-refractivity contribution is 0.0985. The van der Waals surface area contributed by atoms with Gasteiger partial charge in [0.1, 0.15) is 29.0 Å². The van der Waals surface area contributed by atoms with E-state index in [1.807, 2.05) is 6.92 Å². The molecule has 0 bridgehead atoms. The van der Waals surface area contributed by atoms with E-state index in [2.05, 4.69) is 20.2 Å². The number of hydrogen-bond acceptors (Lipinski definition) is 7. The van der Waals surface area contributed by atoms with Crippen LogP contribution in [0.25, 0.3) is 11.3 Å². The minimum atomic E-state index is -0.789. The van der Waals surface area contributed by atoms with Gasteiger partial charge in [-0.25, -0.2) is 9.37 Å². The minimum absolute atomic E-state index is 0.146. The number of phenolic OH excluding ortho intramolecular Hbond substituents is 1. The van der Waals surface area contributed by atoms with Crippen molar-refractivity contribution < 1.29 is 14.2 Å². The molecule has 3 rings (SSSR count). The van der Waals surface area contributed by atoms with Crippen LogP contribution in [0.15, 0.2) is 18.2 Å². The second-order valence-corrected chi connectivity index (χ2v) is 5.77. The van der Waals surface area contributed by atoms with Crippen molar-refractivity contribution in [1.29, 1.82) is 5.26 Å². The summed E-state index contributed by atoms with van der Waals surface area (Å²) in [5.74, 6) is -0.128. The van der Waals surface area contributed by atoms with E-state index in [1.165, 1.54) is 12.1 Å². The first-order chi connectivity index (χ1) is 12.0. The average molecular weight is 343 g/mol. The van der Waals surface area contributed by atoms with Crippen molar-refractivity contribution in [2.75, 3.05) is 37.0 Å². The summed E-state index contributed by atoms with van der Waals surface area (Å²) in [6.07, 6.45) is 0. The molecule has 1 atom stereocenters. The van der Waals surface area contributed by atoms with Crippen molar-refractivity contribution in [3.8, 4) is 23.1 Å². The van der Waals surface area contributed by atoms with Crippen LogP contribution in [-0.2, 0) is 4.74 Å². The van der Waals surface area contributed by atoms with E-state index in [-0.39, 0.29) is 11.6 Å². The number of nitriles is 1. The molecule has 0 spiro atoms. The van der Waals surface area contributed by atoms with E-state index >= 15 is 0 Å². The topological polar surface area (TPSA) is 94.3 Å². The van der Waals surface area contributed by atoms with Gasteiger partial charge in [-0.3, -0.25) is 0 Å². The number of ether oxygens (including phenoxy) is 1.